The second-order valence-corrected chi connectivity index (χ2v) is 21.6. The molecule has 0 radical (unpaired) electrons. The van der Waals surface area contributed by atoms with Crippen LogP contribution in [0.25, 0.3) is 33.4 Å². The number of cyclic esters (lactones) is 1. The lowest BCUT2D eigenvalue weighted by Crippen LogP contribution is -2.69. The molecule has 1 aromatic carbocycles. The van der Waals surface area contributed by atoms with E-state index in [1.165, 1.54) is 21.2 Å². The number of likely N-dealkylation sites (N-methyl/N-ethyl adjacent to an activating group) is 2. The van der Waals surface area contributed by atoms with E-state index in [4.69, 9.17) is 19.4 Å². The third-order valence-corrected chi connectivity index (χ3v) is 14.7. The molecule has 5 atom stereocenters. The smallest absolute Gasteiger partial charge is 0.355 e. The van der Waals surface area contributed by atoms with Gasteiger partial charge in [-0.05, 0) is 76.0 Å². The summed E-state index contributed by atoms with van der Waals surface area (Å²) in [4.78, 5) is 71.6. The van der Waals surface area contributed by atoms with Gasteiger partial charge in [-0.3, -0.25) is 19.6 Å². The number of halogens is 1. The van der Waals surface area contributed by atoms with E-state index in [-0.39, 0.29) is 50.1 Å². The van der Waals surface area contributed by atoms with Gasteiger partial charge in [0.2, 0.25) is 11.6 Å². The minimum absolute atomic E-state index is 0.00737. The SMILES string of the molecule is CCn1c(-c2cccnc2[C@@H]2CCCO2)c2c3cc(ccc31)-c1csc(n1)C[C@H](NC(=O)[C@H](C(C)C)N(C)C(=O)N1CC(N(C)C)C1)C(=O)N1CC(Br)C[C@@](O)(N1)C(=O)OCC(C)(C)C2. The number of urea groups is 1. The number of nitrogens with zero attached hydrogens (tertiary/aromatic N) is 7. The minimum atomic E-state index is -2.27. The van der Waals surface area contributed by atoms with Gasteiger partial charge in [0.15, 0.2) is 0 Å². The number of thiazole rings is 1. The van der Waals surface area contributed by atoms with Crippen LogP contribution in [0.15, 0.2) is 41.9 Å². The fourth-order valence-corrected chi connectivity index (χ4v) is 11.3. The van der Waals surface area contributed by atoms with Crippen LogP contribution in [0, 0.1) is 11.3 Å². The van der Waals surface area contributed by atoms with Crippen molar-refractivity contribution >= 4 is 62.0 Å². The van der Waals surface area contributed by atoms with Gasteiger partial charge in [-0.25, -0.2) is 14.6 Å². The summed E-state index contributed by atoms with van der Waals surface area (Å²) in [6.45, 7) is 12.4. The zero-order chi connectivity index (χ0) is 46.5. The maximum absolute atomic E-state index is 14.7. The van der Waals surface area contributed by atoms with Crippen LogP contribution in [-0.4, -0.2) is 146 Å². The first kappa shape index (κ1) is 47.0. The van der Waals surface area contributed by atoms with E-state index in [0.29, 0.717) is 37.7 Å². The lowest BCUT2D eigenvalue weighted by atomic mass is 9.84. The van der Waals surface area contributed by atoms with Crippen LogP contribution in [0.5, 0.6) is 0 Å². The fourth-order valence-electron chi connectivity index (χ4n) is 9.71. The molecule has 4 aromatic rings. The normalized spacial score (nSPS) is 24.5. The molecule has 0 spiro atoms. The monoisotopic (exact) mass is 975 g/mol. The van der Waals surface area contributed by atoms with Gasteiger partial charge in [-0.2, -0.15) is 5.43 Å². The number of aliphatic hydroxyl groups is 1. The van der Waals surface area contributed by atoms with Gasteiger partial charge < -0.3 is 39.2 Å². The lowest BCUT2D eigenvalue weighted by molar-refractivity contribution is -0.188. The summed E-state index contributed by atoms with van der Waals surface area (Å²) in [6.07, 6.45) is 3.98. The number of amides is 4. The lowest BCUT2D eigenvalue weighted by Gasteiger charge is -2.45. The van der Waals surface area contributed by atoms with Crippen molar-refractivity contribution in [2.75, 3.05) is 54.0 Å². The highest BCUT2D eigenvalue weighted by Crippen LogP contribution is 2.43. The number of rotatable bonds is 8. The molecule has 3 N–H and O–H groups in total. The molecule has 16 nitrogen and oxygen atoms in total. The Morgan fingerprint density at radius 1 is 1.14 bits per heavy atom. The molecular formula is C47H62BrN9O7S. The standard InChI is InChI=1S/C47H62BrN9O7S/c1-9-56-36-15-14-28-18-32(36)33(41(56)31-12-10-16-49-39(31)37-13-11-17-63-37)21-46(4,5)26-64-44(60)47(62)20-29(48)22-57(52-47)43(59)34(19-38-50-35(28)25-65-38)51-42(58)40(27(2)3)54(8)45(61)55-23-30(24-55)53(6)7/h10,12,14-16,18,25,27,29-30,34,37,40,52,62H,9,11,13,17,19-24,26H2,1-8H3,(H,51,58)/t29?,34-,37-,40-,47-/m0/s1. The van der Waals surface area contributed by atoms with Crippen molar-refractivity contribution in [1.82, 2.24) is 45.0 Å². The number of aromatic nitrogens is 3. The molecule has 4 amide bonds. The highest BCUT2D eigenvalue weighted by atomic mass is 79.9. The van der Waals surface area contributed by atoms with Gasteiger partial charge in [0.05, 0.1) is 35.2 Å². The molecule has 4 aliphatic heterocycles. The zero-order valence-corrected chi connectivity index (χ0v) is 41.0. The third-order valence-electron chi connectivity index (χ3n) is 13.2. The van der Waals surface area contributed by atoms with Crippen LogP contribution >= 0.6 is 27.3 Å². The van der Waals surface area contributed by atoms with Crippen molar-refractivity contribution in [3.8, 4) is 22.5 Å². The minimum Gasteiger partial charge on any atom is -0.462 e. The number of nitrogens with one attached hydrogen (secondary N) is 2. The average molecular weight is 977 g/mol. The maximum atomic E-state index is 14.7. The quantitative estimate of drug-likeness (QED) is 0.153. The number of hydrogen-bond acceptors (Lipinski definition) is 12. The second-order valence-electron chi connectivity index (χ2n) is 19.4. The molecule has 7 heterocycles. The Hall–Kier alpha value is -4.46. The number of hydrazine groups is 1. The highest BCUT2D eigenvalue weighted by Gasteiger charge is 2.48. The number of pyridine rings is 1. The first-order valence-electron chi connectivity index (χ1n) is 22.7. The van der Waals surface area contributed by atoms with E-state index in [2.05, 4.69) is 67.3 Å². The van der Waals surface area contributed by atoms with Crippen LogP contribution in [0.4, 0.5) is 4.79 Å². The van der Waals surface area contributed by atoms with E-state index in [1.54, 1.807) is 11.9 Å². The number of ether oxygens (including phenoxy) is 2. The predicted octanol–water partition coefficient (Wildman–Crippen LogP) is 5.36. The summed E-state index contributed by atoms with van der Waals surface area (Å²) >= 11 is 4.97. The molecule has 0 aliphatic carbocycles. The summed E-state index contributed by atoms with van der Waals surface area (Å²) in [6, 6.07) is 8.29. The summed E-state index contributed by atoms with van der Waals surface area (Å²) in [5, 5.41) is 19.7. The Labute approximate surface area is 393 Å². The number of hydrogen-bond donors (Lipinski definition) is 3. The maximum Gasteiger partial charge on any atom is 0.355 e. The Morgan fingerprint density at radius 3 is 2.60 bits per heavy atom. The van der Waals surface area contributed by atoms with Crippen LogP contribution in [-0.2, 0) is 43.2 Å². The number of carbonyl (C=O) groups is 4. The van der Waals surface area contributed by atoms with Crippen molar-refractivity contribution in [2.45, 2.75) is 108 Å². The predicted molar refractivity (Wildman–Crippen MR) is 252 cm³/mol. The molecule has 4 aliphatic rings. The van der Waals surface area contributed by atoms with Crippen LogP contribution < -0.4 is 10.7 Å². The van der Waals surface area contributed by atoms with Gasteiger partial charge in [-0.15, -0.1) is 11.3 Å². The van der Waals surface area contributed by atoms with Gasteiger partial charge >= 0.3 is 12.0 Å². The van der Waals surface area contributed by atoms with Crippen molar-refractivity contribution in [1.29, 1.82) is 0 Å². The van der Waals surface area contributed by atoms with E-state index < -0.39 is 45.8 Å². The highest BCUT2D eigenvalue weighted by molar-refractivity contribution is 9.09. The number of esters is 1. The molecule has 3 fully saturated rings. The van der Waals surface area contributed by atoms with E-state index in [0.717, 1.165) is 57.5 Å². The molecular weight excluding hydrogens is 915 g/mol. The van der Waals surface area contributed by atoms with Gasteiger partial charge in [0.1, 0.15) is 18.2 Å². The Kier molecular flexibility index (Phi) is 13.5. The van der Waals surface area contributed by atoms with Crippen molar-refractivity contribution in [3.05, 3.63) is 58.2 Å². The molecule has 65 heavy (non-hydrogen) atoms. The second kappa shape index (κ2) is 18.7. The molecule has 18 heteroatoms. The Bertz CT molecular complexity index is 2440. The van der Waals surface area contributed by atoms with E-state index in [1.807, 2.05) is 59.4 Å². The Morgan fingerprint density at radius 2 is 1.91 bits per heavy atom. The number of fused-ring (bicyclic) bond motifs is 6. The number of likely N-dealkylation sites (tertiary alicyclic amines) is 1. The molecule has 8 rings (SSSR count). The Balaban J connectivity index is 1.19. The van der Waals surface area contributed by atoms with Crippen LogP contribution in [0.2, 0.25) is 0 Å². The van der Waals surface area contributed by atoms with E-state index >= 15 is 0 Å². The summed E-state index contributed by atoms with van der Waals surface area (Å²) in [5.74, 6) is -2.32. The van der Waals surface area contributed by atoms with Crippen molar-refractivity contribution in [2.24, 2.45) is 11.3 Å². The van der Waals surface area contributed by atoms with Crippen LogP contribution in [0.1, 0.15) is 76.3 Å². The van der Waals surface area contributed by atoms with Gasteiger partial charge in [0.25, 0.3) is 5.91 Å². The topological polar surface area (TPSA) is 175 Å². The number of benzene rings is 1. The first-order chi connectivity index (χ1) is 30.9. The number of aryl methyl sites for hydroxylation is 1. The molecule has 0 saturated carbocycles. The zero-order valence-electron chi connectivity index (χ0n) is 38.6. The molecule has 3 saturated heterocycles. The molecule has 350 valence electrons. The summed E-state index contributed by atoms with van der Waals surface area (Å²) in [5.41, 5.74) is 6.53. The molecule has 1 unspecified atom stereocenters. The average Bonchev–Trinajstić information content (AvgIpc) is 4.01. The fraction of sp³-hybridized carbons (Fsp3) is 0.574. The third kappa shape index (κ3) is 9.44. The first-order valence-corrected chi connectivity index (χ1v) is 24.5. The summed E-state index contributed by atoms with van der Waals surface area (Å²) < 4.78 is 14.5. The molecule has 3 aromatic heterocycles. The number of carbonyl (C=O) groups excluding carboxylic acids is 4. The van der Waals surface area contributed by atoms with Crippen LogP contribution in [0.3, 0.4) is 0 Å². The van der Waals surface area contributed by atoms with E-state index in [9.17, 15) is 24.3 Å². The summed E-state index contributed by atoms with van der Waals surface area (Å²) in [7, 11) is 5.56. The largest absolute Gasteiger partial charge is 0.462 e. The molecule has 6 bridgehead atoms. The van der Waals surface area contributed by atoms with Crippen molar-refractivity contribution < 1.29 is 33.8 Å². The van der Waals surface area contributed by atoms with Gasteiger partial charge in [-0.1, -0.05) is 49.7 Å². The number of alkyl halides is 1. The van der Waals surface area contributed by atoms with Gasteiger partial charge in [0, 0.05) is 96.0 Å². The van der Waals surface area contributed by atoms with Crippen molar-refractivity contribution in [3.63, 3.8) is 0 Å².